The largest absolute Gasteiger partial charge is 0.340 e. The summed E-state index contributed by atoms with van der Waals surface area (Å²) >= 11 is 0. The summed E-state index contributed by atoms with van der Waals surface area (Å²) < 4.78 is 1.22. The minimum atomic E-state index is -0.529. The highest BCUT2D eigenvalue weighted by molar-refractivity contribution is 5.76. The summed E-state index contributed by atoms with van der Waals surface area (Å²) in [4.78, 5) is 26.4. The van der Waals surface area contributed by atoms with Gasteiger partial charge in [-0.15, -0.1) is 0 Å². The molecule has 0 spiro atoms. The summed E-state index contributed by atoms with van der Waals surface area (Å²) in [7, 11) is 0. The van der Waals surface area contributed by atoms with E-state index in [1.807, 2.05) is 0 Å². The van der Waals surface area contributed by atoms with Crippen molar-refractivity contribution in [2.45, 2.75) is 0 Å². The van der Waals surface area contributed by atoms with Gasteiger partial charge in [0.25, 0.3) is 5.56 Å². The van der Waals surface area contributed by atoms with Gasteiger partial charge >= 0.3 is 5.69 Å². The molecule has 2 rings (SSSR count). The Kier molecular flexibility index (Phi) is 1.12. The van der Waals surface area contributed by atoms with Crippen molar-refractivity contribution < 1.29 is 0 Å². The summed E-state index contributed by atoms with van der Waals surface area (Å²) in [5.74, 6) is 5.35. The first-order valence-corrected chi connectivity index (χ1v) is 3.26. The van der Waals surface area contributed by atoms with Crippen molar-refractivity contribution in [3.8, 4) is 0 Å². The first-order chi connectivity index (χ1) is 5.66. The molecule has 0 saturated heterocycles. The van der Waals surface area contributed by atoms with Crippen LogP contribution in [0.5, 0.6) is 0 Å². The third-order valence-corrected chi connectivity index (χ3v) is 1.57. The zero-order chi connectivity index (χ0) is 8.72. The van der Waals surface area contributed by atoms with Crippen LogP contribution in [0.4, 0.5) is 0 Å². The van der Waals surface area contributed by atoms with Gasteiger partial charge in [-0.3, -0.25) is 14.5 Å². The molecule has 0 fully saturated rings. The molecule has 0 saturated carbocycles. The van der Waals surface area contributed by atoms with Crippen molar-refractivity contribution in [1.29, 1.82) is 0 Å². The molecular weight excluding hydrogens is 160 g/mol. The maximum atomic E-state index is 11.1. The lowest BCUT2D eigenvalue weighted by molar-refractivity contribution is 1.02. The van der Waals surface area contributed by atoms with E-state index in [1.165, 1.54) is 17.1 Å². The molecule has 0 atom stereocenters. The van der Waals surface area contributed by atoms with Gasteiger partial charge < -0.3 is 10.8 Å². The van der Waals surface area contributed by atoms with Gasteiger partial charge in [-0.1, -0.05) is 0 Å². The first-order valence-electron chi connectivity index (χ1n) is 3.26. The minimum absolute atomic E-state index is 0.372. The predicted molar refractivity (Wildman–Crippen MR) is 43.3 cm³/mol. The number of rotatable bonds is 0. The second-order valence-corrected chi connectivity index (χ2v) is 2.44. The highest BCUT2D eigenvalue weighted by atomic mass is 16.2. The van der Waals surface area contributed by atoms with Crippen LogP contribution in [-0.4, -0.2) is 14.6 Å². The Balaban J connectivity index is 3.08. The SMILES string of the molecule is Nn1cc2[nH]c(=O)[nH]c(=O)c2c1. The number of nitrogens with one attached hydrogen (secondary N) is 2. The van der Waals surface area contributed by atoms with Crippen LogP contribution >= 0.6 is 0 Å². The van der Waals surface area contributed by atoms with Crippen LogP contribution in [0.1, 0.15) is 0 Å². The maximum Gasteiger partial charge on any atom is 0.326 e. The number of nitrogen functional groups attached to an aromatic ring is 1. The summed E-state index contributed by atoms with van der Waals surface area (Å²) in [6.45, 7) is 0. The number of H-pyrrole nitrogens is 2. The second-order valence-electron chi connectivity index (χ2n) is 2.44. The van der Waals surface area contributed by atoms with Crippen LogP contribution in [0, 0.1) is 0 Å². The molecule has 0 amide bonds. The molecule has 6 nitrogen and oxygen atoms in total. The van der Waals surface area contributed by atoms with E-state index in [0.717, 1.165) is 0 Å². The number of hydrogen-bond donors (Lipinski definition) is 3. The fraction of sp³-hybridized carbons (Fsp3) is 0. The van der Waals surface area contributed by atoms with E-state index in [-0.39, 0.29) is 0 Å². The first kappa shape index (κ1) is 6.71. The molecule has 2 heterocycles. The predicted octanol–water partition coefficient (Wildman–Crippen LogP) is -1.27. The average molecular weight is 166 g/mol. The number of aromatic nitrogens is 3. The Morgan fingerprint density at radius 2 is 2.00 bits per heavy atom. The van der Waals surface area contributed by atoms with Crippen molar-refractivity contribution in [3.05, 3.63) is 33.2 Å². The molecule has 0 aliphatic heterocycles. The number of fused-ring (bicyclic) bond motifs is 1. The molecular formula is C6H6N4O2. The van der Waals surface area contributed by atoms with Crippen LogP contribution in [-0.2, 0) is 0 Å². The number of nitrogens with zero attached hydrogens (tertiary/aromatic N) is 1. The van der Waals surface area contributed by atoms with Crippen LogP contribution in [0.2, 0.25) is 0 Å². The van der Waals surface area contributed by atoms with E-state index >= 15 is 0 Å². The Hall–Kier alpha value is -1.98. The lowest BCUT2D eigenvalue weighted by atomic mass is 10.4. The highest BCUT2D eigenvalue weighted by Gasteiger charge is 2.01. The fourth-order valence-corrected chi connectivity index (χ4v) is 1.08. The van der Waals surface area contributed by atoms with Crippen LogP contribution in [0.3, 0.4) is 0 Å². The second kappa shape index (κ2) is 2.00. The van der Waals surface area contributed by atoms with Gasteiger partial charge in [0.05, 0.1) is 17.1 Å². The number of nitrogens with two attached hydrogens (primary N) is 1. The van der Waals surface area contributed by atoms with Gasteiger partial charge in [-0.25, -0.2) is 4.79 Å². The van der Waals surface area contributed by atoms with Gasteiger partial charge in [0, 0.05) is 6.20 Å². The molecule has 0 radical (unpaired) electrons. The van der Waals surface area contributed by atoms with Crippen molar-refractivity contribution in [1.82, 2.24) is 14.6 Å². The standard InChI is InChI=1S/C6H6N4O2/c7-10-1-3-4(2-10)8-6(12)9-5(3)11/h1-2H,7H2,(H2,8,9,11,12). The monoisotopic (exact) mass is 166 g/mol. The quantitative estimate of drug-likeness (QED) is 0.426. The molecule has 0 aliphatic rings. The Labute approximate surface area is 65.6 Å². The van der Waals surface area contributed by atoms with Crippen LogP contribution in [0.15, 0.2) is 22.0 Å². The normalized spacial score (nSPS) is 10.7. The Bertz CT molecular complexity index is 532. The van der Waals surface area contributed by atoms with Crippen molar-refractivity contribution in [3.63, 3.8) is 0 Å². The molecule has 0 bridgehead atoms. The molecule has 2 aromatic heterocycles. The summed E-state index contributed by atoms with van der Waals surface area (Å²) in [6, 6.07) is 0. The average Bonchev–Trinajstić information content (AvgIpc) is 2.29. The molecule has 62 valence electrons. The third kappa shape index (κ3) is 0.815. The van der Waals surface area contributed by atoms with Gasteiger partial charge in [-0.05, 0) is 0 Å². The summed E-state index contributed by atoms with van der Waals surface area (Å²) in [6.07, 6.45) is 2.90. The van der Waals surface area contributed by atoms with Gasteiger partial charge in [0.2, 0.25) is 0 Å². The van der Waals surface area contributed by atoms with E-state index in [2.05, 4.69) is 9.97 Å². The zero-order valence-corrected chi connectivity index (χ0v) is 6.00. The third-order valence-electron chi connectivity index (χ3n) is 1.57. The zero-order valence-electron chi connectivity index (χ0n) is 6.00. The van der Waals surface area contributed by atoms with E-state index < -0.39 is 11.2 Å². The smallest absolute Gasteiger partial charge is 0.326 e. The molecule has 0 unspecified atom stereocenters. The molecule has 4 N–H and O–H groups in total. The summed E-state index contributed by atoms with van der Waals surface area (Å²) in [5, 5.41) is 0.372. The van der Waals surface area contributed by atoms with Crippen molar-refractivity contribution in [2.24, 2.45) is 0 Å². The van der Waals surface area contributed by atoms with Gasteiger partial charge in [0.1, 0.15) is 0 Å². The highest BCUT2D eigenvalue weighted by Crippen LogP contribution is 2.01. The lowest BCUT2D eigenvalue weighted by Gasteiger charge is -1.84. The Morgan fingerprint density at radius 1 is 1.25 bits per heavy atom. The van der Waals surface area contributed by atoms with E-state index in [4.69, 9.17) is 5.84 Å². The number of hydrogen-bond acceptors (Lipinski definition) is 3. The fourth-order valence-electron chi connectivity index (χ4n) is 1.08. The van der Waals surface area contributed by atoms with Crippen LogP contribution < -0.4 is 17.1 Å². The van der Waals surface area contributed by atoms with E-state index in [0.29, 0.717) is 10.9 Å². The van der Waals surface area contributed by atoms with Crippen LogP contribution in [0.25, 0.3) is 10.9 Å². The molecule has 12 heavy (non-hydrogen) atoms. The van der Waals surface area contributed by atoms with Gasteiger partial charge in [-0.2, -0.15) is 0 Å². The lowest BCUT2D eigenvalue weighted by Crippen LogP contribution is -2.20. The molecule has 2 aromatic rings. The Morgan fingerprint density at radius 3 is 2.75 bits per heavy atom. The molecule has 0 aliphatic carbocycles. The molecule has 0 aromatic carbocycles. The van der Waals surface area contributed by atoms with Crippen molar-refractivity contribution in [2.75, 3.05) is 5.84 Å². The topological polar surface area (TPSA) is 96.7 Å². The number of aromatic amines is 2. The molecule has 6 heteroatoms. The summed E-state index contributed by atoms with van der Waals surface area (Å²) in [5.41, 5.74) is -0.525. The van der Waals surface area contributed by atoms with Crippen molar-refractivity contribution >= 4 is 10.9 Å². The van der Waals surface area contributed by atoms with Gasteiger partial charge in [0.15, 0.2) is 0 Å². The maximum absolute atomic E-state index is 11.1. The minimum Gasteiger partial charge on any atom is -0.340 e. The van der Waals surface area contributed by atoms with E-state index in [9.17, 15) is 9.59 Å². The van der Waals surface area contributed by atoms with E-state index in [1.54, 1.807) is 0 Å².